The number of unbranched alkanes of at least 4 members (excludes halogenated alkanes) is 2. The summed E-state index contributed by atoms with van der Waals surface area (Å²) in [6.07, 6.45) is 5.61. The Kier molecular flexibility index (Phi) is 6.60. The van der Waals surface area contributed by atoms with Crippen molar-refractivity contribution in [3.8, 4) is 0 Å². The molecular weight excluding hydrogens is 198 g/mol. The summed E-state index contributed by atoms with van der Waals surface area (Å²) in [5.41, 5.74) is 0. The van der Waals surface area contributed by atoms with Crippen LogP contribution in [0.15, 0.2) is 0 Å². The average Bonchev–Trinajstić information content (AvgIpc) is 2.58. The van der Waals surface area contributed by atoms with Crippen LogP contribution in [0.1, 0.15) is 19.3 Å². The van der Waals surface area contributed by atoms with E-state index < -0.39 is 0 Å². The number of ether oxygens (including phenoxy) is 1. The molecule has 0 bridgehead atoms. The Morgan fingerprint density at radius 1 is 1.36 bits per heavy atom. The second-order valence-corrected chi connectivity index (χ2v) is 4.70. The van der Waals surface area contributed by atoms with Gasteiger partial charge in [-0.15, -0.1) is 0 Å². The summed E-state index contributed by atoms with van der Waals surface area (Å²) in [4.78, 5) is 0. The lowest BCUT2D eigenvalue weighted by Gasteiger charge is -2.13. The summed E-state index contributed by atoms with van der Waals surface area (Å²) in [6, 6.07) is 0.163. The van der Waals surface area contributed by atoms with Crippen molar-refractivity contribution in [3.63, 3.8) is 0 Å². The van der Waals surface area contributed by atoms with Crippen LogP contribution in [0.5, 0.6) is 0 Å². The number of rotatable bonds is 7. The number of thioether (sulfide) groups is 1. The molecule has 0 aromatic heterocycles. The highest BCUT2D eigenvalue weighted by Gasteiger charge is 2.24. The van der Waals surface area contributed by atoms with Crippen LogP contribution in [0.25, 0.3) is 0 Å². The van der Waals surface area contributed by atoms with E-state index in [9.17, 15) is 5.11 Å². The molecule has 0 aliphatic carbocycles. The van der Waals surface area contributed by atoms with Gasteiger partial charge in [0.05, 0.1) is 25.4 Å². The van der Waals surface area contributed by atoms with Crippen molar-refractivity contribution in [1.82, 2.24) is 5.32 Å². The van der Waals surface area contributed by atoms with Gasteiger partial charge < -0.3 is 15.2 Å². The first-order chi connectivity index (χ1) is 6.84. The van der Waals surface area contributed by atoms with E-state index in [0.717, 1.165) is 6.54 Å². The zero-order valence-electron chi connectivity index (χ0n) is 8.87. The van der Waals surface area contributed by atoms with E-state index in [1.807, 2.05) is 11.8 Å². The maximum absolute atomic E-state index is 9.44. The van der Waals surface area contributed by atoms with Crippen LogP contribution in [0.3, 0.4) is 0 Å². The van der Waals surface area contributed by atoms with Gasteiger partial charge in [0, 0.05) is 0 Å². The Hall–Kier alpha value is 0.230. The summed E-state index contributed by atoms with van der Waals surface area (Å²) in [7, 11) is 0. The largest absolute Gasteiger partial charge is 0.389 e. The topological polar surface area (TPSA) is 41.5 Å². The van der Waals surface area contributed by atoms with E-state index in [0.29, 0.717) is 13.2 Å². The lowest BCUT2D eigenvalue weighted by atomic mass is 10.2. The quantitative estimate of drug-likeness (QED) is 0.623. The third-order valence-corrected chi connectivity index (χ3v) is 3.18. The number of aliphatic hydroxyl groups is 1. The Balaban J connectivity index is 1.88. The standard InChI is InChI=1S/C10H21NO2S/c1-14-6-4-2-3-5-11-9-7-13-8-10(9)12/h9-12H,2-8H2,1H3. The van der Waals surface area contributed by atoms with Crippen LogP contribution in [0.2, 0.25) is 0 Å². The molecule has 1 rings (SSSR count). The van der Waals surface area contributed by atoms with Gasteiger partial charge in [-0.1, -0.05) is 6.42 Å². The van der Waals surface area contributed by atoms with Crippen molar-refractivity contribution in [3.05, 3.63) is 0 Å². The fourth-order valence-corrected chi connectivity index (χ4v) is 2.07. The molecule has 84 valence electrons. The van der Waals surface area contributed by atoms with Gasteiger partial charge in [-0.05, 0) is 31.4 Å². The van der Waals surface area contributed by atoms with Crippen LogP contribution in [0.4, 0.5) is 0 Å². The van der Waals surface area contributed by atoms with E-state index in [-0.39, 0.29) is 12.1 Å². The molecule has 2 N–H and O–H groups in total. The molecule has 0 aromatic carbocycles. The Morgan fingerprint density at radius 2 is 2.21 bits per heavy atom. The fourth-order valence-electron chi connectivity index (χ4n) is 1.57. The monoisotopic (exact) mass is 219 g/mol. The maximum atomic E-state index is 9.44. The number of hydrogen-bond acceptors (Lipinski definition) is 4. The Labute approximate surface area is 90.6 Å². The van der Waals surface area contributed by atoms with E-state index in [1.54, 1.807) is 0 Å². The van der Waals surface area contributed by atoms with Crippen molar-refractivity contribution in [1.29, 1.82) is 0 Å². The molecule has 1 fully saturated rings. The van der Waals surface area contributed by atoms with Crippen LogP contribution >= 0.6 is 11.8 Å². The first-order valence-corrected chi connectivity index (χ1v) is 6.72. The lowest BCUT2D eigenvalue weighted by molar-refractivity contribution is 0.122. The predicted octanol–water partition coefficient (Wildman–Crippen LogP) is 0.869. The van der Waals surface area contributed by atoms with Crippen LogP contribution in [0, 0.1) is 0 Å². The molecular formula is C10H21NO2S. The van der Waals surface area contributed by atoms with E-state index in [4.69, 9.17) is 4.74 Å². The van der Waals surface area contributed by atoms with E-state index >= 15 is 0 Å². The van der Waals surface area contributed by atoms with Gasteiger partial charge in [-0.3, -0.25) is 0 Å². The molecule has 1 aliphatic rings. The molecule has 14 heavy (non-hydrogen) atoms. The van der Waals surface area contributed by atoms with Crippen molar-refractivity contribution in [2.24, 2.45) is 0 Å². The Morgan fingerprint density at radius 3 is 2.86 bits per heavy atom. The van der Waals surface area contributed by atoms with Gasteiger partial charge in [0.1, 0.15) is 0 Å². The summed E-state index contributed by atoms with van der Waals surface area (Å²) in [6.45, 7) is 2.15. The smallest absolute Gasteiger partial charge is 0.0948 e. The van der Waals surface area contributed by atoms with Gasteiger partial charge in [0.2, 0.25) is 0 Å². The fraction of sp³-hybridized carbons (Fsp3) is 1.00. The highest BCUT2D eigenvalue weighted by molar-refractivity contribution is 7.98. The second-order valence-electron chi connectivity index (χ2n) is 3.72. The SMILES string of the molecule is CSCCCCCNC1COCC1O. The highest BCUT2D eigenvalue weighted by atomic mass is 32.2. The second kappa shape index (κ2) is 7.51. The third kappa shape index (κ3) is 4.64. The van der Waals surface area contributed by atoms with E-state index in [1.165, 1.54) is 25.0 Å². The van der Waals surface area contributed by atoms with Gasteiger partial charge in [0.15, 0.2) is 0 Å². The molecule has 1 saturated heterocycles. The minimum Gasteiger partial charge on any atom is -0.389 e. The molecule has 0 saturated carbocycles. The van der Waals surface area contributed by atoms with Gasteiger partial charge in [-0.25, -0.2) is 0 Å². The molecule has 2 unspecified atom stereocenters. The summed E-state index contributed by atoms with van der Waals surface area (Å²) in [5.74, 6) is 1.26. The van der Waals surface area contributed by atoms with Crippen molar-refractivity contribution >= 4 is 11.8 Å². The van der Waals surface area contributed by atoms with Crippen LogP contribution < -0.4 is 5.32 Å². The first-order valence-electron chi connectivity index (χ1n) is 5.32. The molecule has 4 heteroatoms. The summed E-state index contributed by atoms with van der Waals surface area (Å²) >= 11 is 1.90. The predicted molar refractivity (Wildman–Crippen MR) is 60.8 cm³/mol. The van der Waals surface area contributed by atoms with Gasteiger partial charge in [0.25, 0.3) is 0 Å². The molecule has 2 atom stereocenters. The molecule has 0 spiro atoms. The van der Waals surface area contributed by atoms with Gasteiger partial charge >= 0.3 is 0 Å². The molecule has 0 radical (unpaired) electrons. The van der Waals surface area contributed by atoms with Crippen LogP contribution in [-0.4, -0.2) is 49.0 Å². The van der Waals surface area contributed by atoms with Crippen LogP contribution in [-0.2, 0) is 4.74 Å². The average molecular weight is 219 g/mol. The zero-order chi connectivity index (χ0) is 10.2. The maximum Gasteiger partial charge on any atom is 0.0948 e. The number of aliphatic hydroxyl groups excluding tert-OH is 1. The molecule has 0 amide bonds. The summed E-state index contributed by atoms with van der Waals surface area (Å²) in [5, 5.41) is 12.8. The van der Waals surface area contributed by atoms with Crippen molar-refractivity contribution in [2.75, 3.05) is 31.8 Å². The molecule has 1 aliphatic heterocycles. The summed E-state index contributed by atoms with van der Waals surface area (Å²) < 4.78 is 5.15. The third-order valence-electron chi connectivity index (χ3n) is 2.48. The normalized spacial score (nSPS) is 27.0. The van der Waals surface area contributed by atoms with Crippen molar-refractivity contribution in [2.45, 2.75) is 31.4 Å². The number of hydrogen-bond donors (Lipinski definition) is 2. The lowest BCUT2D eigenvalue weighted by Crippen LogP contribution is -2.39. The Bertz CT molecular complexity index is 146. The molecule has 0 aromatic rings. The highest BCUT2D eigenvalue weighted by Crippen LogP contribution is 2.06. The first kappa shape index (κ1) is 12.3. The van der Waals surface area contributed by atoms with Crippen molar-refractivity contribution < 1.29 is 9.84 Å². The minimum atomic E-state index is -0.304. The zero-order valence-corrected chi connectivity index (χ0v) is 9.68. The minimum absolute atomic E-state index is 0.163. The number of nitrogens with one attached hydrogen (secondary N) is 1. The van der Waals surface area contributed by atoms with E-state index in [2.05, 4.69) is 11.6 Å². The molecule has 1 heterocycles. The molecule has 3 nitrogen and oxygen atoms in total. The van der Waals surface area contributed by atoms with Gasteiger partial charge in [-0.2, -0.15) is 11.8 Å².